The second kappa shape index (κ2) is 6.08. The molecule has 3 heteroatoms. The van der Waals surface area contributed by atoms with E-state index in [1.54, 1.807) is 6.42 Å². The molecule has 1 aromatic rings. The molecule has 150 valence electrons. The van der Waals surface area contributed by atoms with Crippen molar-refractivity contribution in [3.05, 3.63) is 35.4 Å². The zero-order valence-electron chi connectivity index (χ0n) is 17.3. The van der Waals surface area contributed by atoms with Crippen LogP contribution in [0.1, 0.15) is 81.9 Å². The number of nitrogens with zero attached hydrogens (tertiary/aromatic N) is 1. The fourth-order valence-electron chi connectivity index (χ4n) is 7.92. The highest BCUT2D eigenvalue weighted by Crippen LogP contribution is 2.76. The van der Waals surface area contributed by atoms with Crippen molar-refractivity contribution < 1.29 is 4.79 Å². The number of nitrogens with one attached hydrogen (secondary N) is 1. The van der Waals surface area contributed by atoms with Gasteiger partial charge in [-0.1, -0.05) is 31.2 Å². The molecular formula is C25H34N2O. The van der Waals surface area contributed by atoms with Gasteiger partial charge in [-0.15, -0.1) is 0 Å². The molecule has 4 fully saturated rings. The predicted octanol–water partition coefficient (Wildman–Crippen LogP) is 4.57. The van der Waals surface area contributed by atoms with Crippen molar-refractivity contribution >= 4 is 5.91 Å². The van der Waals surface area contributed by atoms with E-state index in [1.807, 2.05) is 0 Å². The molecule has 2 spiro atoms. The summed E-state index contributed by atoms with van der Waals surface area (Å²) in [6.45, 7) is 4.59. The van der Waals surface area contributed by atoms with Crippen LogP contribution in [0, 0.1) is 17.3 Å². The number of fused-ring (bicyclic) bond motifs is 2. The third kappa shape index (κ3) is 2.35. The lowest BCUT2D eigenvalue weighted by molar-refractivity contribution is -0.121. The first-order chi connectivity index (χ1) is 13.7. The average molecular weight is 379 g/mol. The summed E-state index contributed by atoms with van der Waals surface area (Å²) in [4.78, 5) is 15.1. The number of carbonyl (C=O) groups excluding carboxylic acids is 1. The summed E-state index contributed by atoms with van der Waals surface area (Å²) >= 11 is 0. The van der Waals surface area contributed by atoms with E-state index in [0.29, 0.717) is 6.42 Å². The predicted molar refractivity (Wildman–Crippen MR) is 111 cm³/mol. The lowest BCUT2D eigenvalue weighted by atomic mass is 9.65. The van der Waals surface area contributed by atoms with Gasteiger partial charge in [-0.2, -0.15) is 0 Å². The maximum Gasteiger partial charge on any atom is 0.220 e. The average Bonchev–Trinajstić information content (AvgIpc) is 3.27. The zero-order valence-corrected chi connectivity index (χ0v) is 17.3. The van der Waals surface area contributed by atoms with Crippen LogP contribution in [0.4, 0.5) is 0 Å². The minimum Gasteiger partial charge on any atom is -0.349 e. The van der Waals surface area contributed by atoms with Crippen LogP contribution in [0.3, 0.4) is 0 Å². The third-order valence-electron chi connectivity index (χ3n) is 9.44. The van der Waals surface area contributed by atoms with E-state index >= 15 is 0 Å². The first-order valence-corrected chi connectivity index (χ1v) is 11.8. The van der Waals surface area contributed by atoms with Gasteiger partial charge in [0, 0.05) is 17.9 Å². The van der Waals surface area contributed by atoms with Crippen LogP contribution in [0.15, 0.2) is 24.3 Å². The van der Waals surface area contributed by atoms with E-state index in [2.05, 4.69) is 41.4 Å². The molecule has 28 heavy (non-hydrogen) atoms. The fourth-order valence-corrected chi connectivity index (χ4v) is 7.92. The maximum absolute atomic E-state index is 12.3. The Kier molecular flexibility index (Phi) is 3.80. The molecule has 1 N–H and O–H groups in total. The number of benzene rings is 1. The molecular weight excluding hydrogens is 344 g/mol. The molecule has 3 nitrogen and oxygen atoms in total. The molecule has 1 aromatic carbocycles. The molecule has 1 amide bonds. The molecule has 0 aromatic heterocycles. The minimum absolute atomic E-state index is 0.218. The van der Waals surface area contributed by atoms with E-state index in [-0.39, 0.29) is 17.4 Å². The van der Waals surface area contributed by atoms with Crippen molar-refractivity contribution in [2.24, 2.45) is 17.3 Å². The van der Waals surface area contributed by atoms with Gasteiger partial charge < -0.3 is 10.2 Å². The SMILES string of the molecule is CCCC(=O)N[C@H]1CC2(CCN([C@@H]3CC45C[C@H]4CC[C@@H]35)CC2)c2ccccc21. The van der Waals surface area contributed by atoms with Gasteiger partial charge in [0.05, 0.1) is 6.04 Å². The van der Waals surface area contributed by atoms with E-state index in [4.69, 9.17) is 0 Å². The molecule has 0 radical (unpaired) electrons. The molecule has 5 atom stereocenters. The summed E-state index contributed by atoms with van der Waals surface area (Å²) in [5, 5.41) is 3.35. The molecule has 3 saturated carbocycles. The van der Waals surface area contributed by atoms with Crippen LogP contribution < -0.4 is 5.32 Å². The Bertz CT molecular complexity index is 793. The van der Waals surface area contributed by atoms with Gasteiger partial charge in [0.25, 0.3) is 0 Å². The highest BCUT2D eigenvalue weighted by Gasteiger charge is 2.71. The van der Waals surface area contributed by atoms with Gasteiger partial charge in [-0.25, -0.2) is 0 Å². The molecule has 1 aliphatic heterocycles. The summed E-state index contributed by atoms with van der Waals surface area (Å²) in [6.07, 6.45) is 11.3. The lowest BCUT2D eigenvalue weighted by Gasteiger charge is -2.53. The van der Waals surface area contributed by atoms with Crippen LogP contribution >= 0.6 is 0 Å². The summed E-state index contributed by atoms with van der Waals surface area (Å²) in [5.74, 6) is 2.36. The van der Waals surface area contributed by atoms with Crippen molar-refractivity contribution in [3.8, 4) is 0 Å². The minimum atomic E-state index is 0.218. The molecule has 1 heterocycles. The Balaban J connectivity index is 1.17. The summed E-state index contributed by atoms with van der Waals surface area (Å²) < 4.78 is 0. The Morgan fingerprint density at radius 2 is 1.96 bits per heavy atom. The Labute approximate surface area is 169 Å². The van der Waals surface area contributed by atoms with Crippen molar-refractivity contribution in [2.45, 2.75) is 82.2 Å². The number of hydrogen-bond donors (Lipinski definition) is 1. The van der Waals surface area contributed by atoms with Gasteiger partial charge in [0.2, 0.25) is 5.91 Å². The first-order valence-electron chi connectivity index (χ1n) is 11.8. The van der Waals surface area contributed by atoms with E-state index in [0.717, 1.165) is 36.1 Å². The molecule has 1 saturated heterocycles. The van der Waals surface area contributed by atoms with Crippen LogP contribution in [0.25, 0.3) is 0 Å². The Morgan fingerprint density at radius 1 is 1.14 bits per heavy atom. The molecule has 4 aliphatic carbocycles. The third-order valence-corrected chi connectivity index (χ3v) is 9.44. The largest absolute Gasteiger partial charge is 0.349 e. The van der Waals surface area contributed by atoms with Crippen LogP contribution in [0.5, 0.6) is 0 Å². The zero-order chi connectivity index (χ0) is 18.9. The molecule has 0 bridgehead atoms. The molecule has 5 aliphatic rings. The Morgan fingerprint density at radius 3 is 2.71 bits per heavy atom. The van der Waals surface area contributed by atoms with Gasteiger partial charge in [0.1, 0.15) is 0 Å². The van der Waals surface area contributed by atoms with Gasteiger partial charge in [-0.05, 0) is 92.8 Å². The van der Waals surface area contributed by atoms with Crippen molar-refractivity contribution in [3.63, 3.8) is 0 Å². The summed E-state index contributed by atoms with van der Waals surface area (Å²) in [6, 6.07) is 10.1. The second-order valence-corrected chi connectivity index (χ2v) is 10.6. The maximum atomic E-state index is 12.3. The topological polar surface area (TPSA) is 32.3 Å². The number of likely N-dealkylation sites (tertiary alicyclic amines) is 1. The highest BCUT2D eigenvalue weighted by atomic mass is 16.1. The molecule has 1 unspecified atom stereocenters. The number of carbonyl (C=O) groups is 1. The number of rotatable bonds is 4. The number of amides is 1. The number of hydrogen-bond acceptors (Lipinski definition) is 2. The van der Waals surface area contributed by atoms with Gasteiger partial charge in [-0.3, -0.25) is 4.79 Å². The van der Waals surface area contributed by atoms with Crippen LogP contribution in [0.2, 0.25) is 0 Å². The standard InChI is InChI=1S/C25H34N2O/c1-2-5-23(28)26-21-15-24(19-7-4-3-6-18(19)21)10-12-27(13-11-24)22-16-25-14-17(25)8-9-20(22)25/h3-4,6-7,17,20-22H,2,5,8-16H2,1H3,(H,26,28)/t17-,20+,21+,22-,25?/m1/s1. The fraction of sp³-hybridized carbons (Fsp3) is 0.720. The smallest absolute Gasteiger partial charge is 0.220 e. The van der Waals surface area contributed by atoms with Gasteiger partial charge >= 0.3 is 0 Å². The first kappa shape index (κ1) is 17.5. The summed E-state index contributed by atoms with van der Waals surface area (Å²) in [7, 11) is 0. The molecule has 6 rings (SSSR count). The quantitative estimate of drug-likeness (QED) is 0.832. The highest BCUT2D eigenvalue weighted by molar-refractivity contribution is 5.76. The summed E-state index contributed by atoms with van der Waals surface area (Å²) in [5.41, 5.74) is 4.04. The van der Waals surface area contributed by atoms with Crippen molar-refractivity contribution in [1.82, 2.24) is 10.2 Å². The van der Waals surface area contributed by atoms with Crippen molar-refractivity contribution in [2.75, 3.05) is 13.1 Å². The number of piperidine rings is 1. The van der Waals surface area contributed by atoms with Crippen LogP contribution in [-0.2, 0) is 10.2 Å². The monoisotopic (exact) mass is 378 g/mol. The van der Waals surface area contributed by atoms with E-state index in [9.17, 15) is 4.79 Å². The van der Waals surface area contributed by atoms with E-state index < -0.39 is 0 Å². The van der Waals surface area contributed by atoms with Gasteiger partial charge in [0.15, 0.2) is 0 Å². The van der Waals surface area contributed by atoms with Crippen molar-refractivity contribution in [1.29, 1.82) is 0 Å². The second-order valence-electron chi connectivity index (χ2n) is 10.6. The van der Waals surface area contributed by atoms with E-state index in [1.165, 1.54) is 56.3 Å². The normalized spacial score (nSPS) is 39.8. The lowest BCUT2D eigenvalue weighted by Crippen LogP contribution is -2.56. The van der Waals surface area contributed by atoms with Crippen LogP contribution in [-0.4, -0.2) is 29.9 Å². The Hall–Kier alpha value is -1.35.